The van der Waals surface area contributed by atoms with E-state index in [4.69, 9.17) is 16.3 Å². The molecule has 12 heteroatoms. The molecule has 2 aromatic carbocycles. The number of hydrogen-bond donors (Lipinski definition) is 2. The topological polar surface area (TPSA) is 82.3 Å². The molecule has 32 heavy (non-hydrogen) atoms. The third-order valence-electron chi connectivity index (χ3n) is 4.37. The lowest BCUT2D eigenvalue weighted by Crippen LogP contribution is -2.25. The highest BCUT2D eigenvalue weighted by atomic mass is 19.4. The monoisotopic (exact) mass is 457 g/mol. The third kappa shape index (κ3) is 4.97. The molecule has 0 aliphatic carbocycles. The van der Waals surface area contributed by atoms with Crippen LogP contribution < -0.4 is 21.3 Å². The van der Waals surface area contributed by atoms with Gasteiger partial charge in [0.1, 0.15) is 11.4 Å². The van der Waals surface area contributed by atoms with Crippen molar-refractivity contribution in [1.29, 1.82) is 0 Å². The van der Waals surface area contributed by atoms with Gasteiger partial charge in [0.2, 0.25) is 0 Å². The van der Waals surface area contributed by atoms with E-state index >= 15 is 0 Å². The molecule has 0 unspecified atom stereocenters. The fourth-order valence-electron chi connectivity index (χ4n) is 2.78. The van der Waals surface area contributed by atoms with Gasteiger partial charge in [-0.05, 0) is 29.8 Å². The van der Waals surface area contributed by atoms with Crippen molar-refractivity contribution in [2.24, 2.45) is 11.6 Å². The maximum Gasteiger partial charge on any atom is 0.435 e. The Bertz CT molecular complexity index is 1120. The molecule has 0 bridgehead atoms. The number of hydrazine groups is 1. The summed E-state index contributed by atoms with van der Waals surface area (Å²) in [6, 6.07) is 11.8. The van der Waals surface area contributed by atoms with Crippen LogP contribution in [0.5, 0.6) is 5.75 Å². The van der Waals surface area contributed by atoms with Gasteiger partial charge in [-0.3, -0.25) is 5.01 Å². The fraction of sp³-hybridized carbons (Fsp3) is 0.150. The van der Waals surface area contributed by atoms with Gasteiger partial charge in [0.15, 0.2) is 5.69 Å². The van der Waals surface area contributed by atoms with Crippen molar-refractivity contribution >= 4 is 11.4 Å². The molecule has 170 valence electrons. The van der Waals surface area contributed by atoms with E-state index in [0.717, 1.165) is 0 Å². The van der Waals surface area contributed by atoms with Crippen molar-refractivity contribution in [3.8, 4) is 11.4 Å². The average Bonchev–Trinajstić information content (AvgIpc) is 3.20. The van der Waals surface area contributed by atoms with Crippen LogP contribution in [0.15, 0.2) is 60.8 Å². The molecule has 0 amide bonds. The molecule has 0 atom stereocenters. The lowest BCUT2D eigenvalue weighted by atomic mass is 10.1. The summed E-state index contributed by atoms with van der Waals surface area (Å²) in [6.07, 6.45) is -8.69. The molecule has 6 nitrogen and oxygen atoms in total. The van der Waals surface area contributed by atoms with E-state index < -0.39 is 23.7 Å². The van der Waals surface area contributed by atoms with Crippen molar-refractivity contribution < 1.29 is 31.1 Å². The SMILES string of the molecule is COc1cccc(N(N)/C=C(\N)c2ccc(-n3nc(C(F)(F)F)cc3C(F)(F)F)cc2)c1. The van der Waals surface area contributed by atoms with Crippen molar-refractivity contribution in [2.75, 3.05) is 12.1 Å². The Balaban J connectivity index is 1.91. The molecule has 0 radical (unpaired) electrons. The zero-order valence-corrected chi connectivity index (χ0v) is 16.4. The number of ether oxygens (including phenoxy) is 1. The van der Waals surface area contributed by atoms with Crippen LogP contribution in [-0.4, -0.2) is 16.9 Å². The lowest BCUT2D eigenvalue weighted by molar-refractivity contribution is -0.143. The van der Waals surface area contributed by atoms with Crippen molar-refractivity contribution in [3.05, 3.63) is 77.7 Å². The Hall–Kier alpha value is -3.67. The highest BCUT2D eigenvalue weighted by Gasteiger charge is 2.42. The first kappa shape index (κ1) is 23.0. The summed E-state index contributed by atoms with van der Waals surface area (Å²) in [5.41, 5.74) is 3.68. The number of benzene rings is 2. The van der Waals surface area contributed by atoms with Crippen molar-refractivity contribution in [2.45, 2.75) is 12.4 Å². The molecule has 1 aromatic heterocycles. The maximum atomic E-state index is 13.2. The van der Waals surface area contributed by atoms with E-state index in [9.17, 15) is 26.3 Å². The molecule has 1 heterocycles. The standard InChI is InChI=1S/C20H17F6N5O/c1-32-15-4-2-3-14(9-15)30(28)11-16(27)12-5-7-13(8-6-12)31-18(20(24,25)26)10-17(29-31)19(21,22)23/h2-11H,27-28H2,1H3/b16-11-. The predicted molar refractivity (Wildman–Crippen MR) is 105 cm³/mol. The van der Waals surface area contributed by atoms with Crippen molar-refractivity contribution in [1.82, 2.24) is 9.78 Å². The second-order valence-corrected chi connectivity index (χ2v) is 6.56. The molecule has 3 rings (SSSR count). The lowest BCUT2D eigenvalue weighted by Gasteiger charge is -2.16. The Kier molecular flexibility index (Phi) is 6.08. The zero-order valence-electron chi connectivity index (χ0n) is 16.4. The van der Waals surface area contributed by atoms with Gasteiger partial charge in [-0.15, -0.1) is 0 Å². The summed E-state index contributed by atoms with van der Waals surface area (Å²) in [6.45, 7) is 0. The number of alkyl halides is 6. The maximum absolute atomic E-state index is 13.2. The Morgan fingerprint density at radius 3 is 2.22 bits per heavy atom. The van der Waals surface area contributed by atoms with E-state index in [-0.39, 0.29) is 22.1 Å². The number of nitrogens with two attached hydrogens (primary N) is 2. The highest BCUT2D eigenvalue weighted by Crippen LogP contribution is 2.36. The molecule has 0 saturated carbocycles. The summed E-state index contributed by atoms with van der Waals surface area (Å²) in [7, 11) is 1.49. The van der Waals surface area contributed by atoms with Crippen LogP contribution in [0, 0.1) is 0 Å². The fourth-order valence-corrected chi connectivity index (χ4v) is 2.78. The highest BCUT2D eigenvalue weighted by molar-refractivity contribution is 5.67. The first-order valence-corrected chi connectivity index (χ1v) is 8.90. The van der Waals surface area contributed by atoms with Gasteiger partial charge < -0.3 is 10.5 Å². The van der Waals surface area contributed by atoms with E-state index in [0.29, 0.717) is 17.0 Å². The van der Waals surface area contributed by atoms with E-state index in [1.165, 1.54) is 42.6 Å². The molecule has 4 N–H and O–H groups in total. The number of aromatic nitrogens is 2. The first-order valence-electron chi connectivity index (χ1n) is 8.90. The van der Waals surface area contributed by atoms with Gasteiger partial charge in [-0.25, -0.2) is 10.5 Å². The predicted octanol–water partition coefficient (Wildman–Crippen LogP) is 4.56. The number of nitrogens with zero attached hydrogens (tertiary/aromatic N) is 3. The normalized spacial score (nSPS) is 12.7. The molecule has 0 saturated heterocycles. The summed E-state index contributed by atoms with van der Waals surface area (Å²) in [5.74, 6) is 6.53. The zero-order chi connectivity index (χ0) is 23.7. The molecule has 3 aromatic rings. The summed E-state index contributed by atoms with van der Waals surface area (Å²) < 4.78 is 83.6. The first-order chi connectivity index (χ1) is 14.9. The van der Waals surface area contributed by atoms with E-state index in [2.05, 4.69) is 5.10 Å². The average molecular weight is 457 g/mol. The second kappa shape index (κ2) is 8.46. The number of anilines is 1. The van der Waals surface area contributed by atoms with E-state index in [1.54, 1.807) is 24.3 Å². The minimum absolute atomic E-state index is 0.0391. The molecule has 0 aliphatic rings. The molecule has 0 aliphatic heterocycles. The summed E-state index contributed by atoms with van der Waals surface area (Å²) in [5, 5.41) is 4.30. The largest absolute Gasteiger partial charge is 0.497 e. The second-order valence-electron chi connectivity index (χ2n) is 6.56. The van der Waals surface area contributed by atoms with Gasteiger partial charge in [0, 0.05) is 18.3 Å². The Morgan fingerprint density at radius 1 is 1.00 bits per heavy atom. The number of methoxy groups -OCH3 is 1. The van der Waals surface area contributed by atoms with Gasteiger partial charge in [-0.2, -0.15) is 31.4 Å². The van der Waals surface area contributed by atoms with Gasteiger partial charge in [0.25, 0.3) is 0 Å². The molecule has 0 spiro atoms. The molecular formula is C20H17F6N5O. The Morgan fingerprint density at radius 2 is 1.66 bits per heavy atom. The molecular weight excluding hydrogens is 440 g/mol. The quantitative estimate of drug-likeness (QED) is 0.334. The summed E-state index contributed by atoms with van der Waals surface area (Å²) >= 11 is 0. The van der Waals surface area contributed by atoms with Crippen LogP contribution >= 0.6 is 0 Å². The Labute approximate surface area is 178 Å². The van der Waals surface area contributed by atoms with Gasteiger partial charge >= 0.3 is 12.4 Å². The number of rotatable bonds is 5. The van der Waals surface area contributed by atoms with Gasteiger partial charge in [0.05, 0.1) is 24.2 Å². The minimum Gasteiger partial charge on any atom is -0.497 e. The van der Waals surface area contributed by atoms with Gasteiger partial charge in [-0.1, -0.05) is 18.2 Å². The van der Waals surface area contributed by atoms with Crippen LogP contribution in [0.2, 0.25) is 0 Å². The third-order valence-corrected chi connectivity index (χ3v) is 4.37. The smallest absolute Gasteiger partial charge is 0.435 e. The van der Waals surface area contributed by atoms with Crippen LogP contribution in [0.25, 0.3) is 11.4 Å². The van der Waals surface area contributed by atoms with Crippen LogP contribution in [0.4, 0.5) is 32.0 Å². The minimum atomic E-state index is -5.04. The van der Waals surface area contributed by atoms with Crippen LogP contribution in [0.1, 0.15) is 17.0 Å². The number of halogens is 6. The molecule has 0 fully saturated rings. The number of hydrogen-bond acceptors (Lipinski definition) is 5. The van der Waals surface area contributed by atoms with E-state index in [1.807, 2.05) is 0 Å². The summed E-state index contributed by atoms with van der Waals surface area (Å²) in [4.78, 5) is 0. The van der Waals surface area contributed by atoms with Crippen LogP contribution in [-0.2, 0) is 12.4 Å². The van der Waals surface area contributed by atoms with Crippen LogP contribution in [0.3, 0.4) is 0 Å². The van der Waals surface area contributed by atoms with Crippen molar-refractivity contribution in [3.63, 3.8) is 0 Å².